The minimum Gasteiger partial charge on any atom is -0.381 e. The number of likely N-dealkylation sites (tertiary alicyclic amines) is 1. The highest BCUT2D eigenvalue weighted by Crippen LogP contribution is 2.33. The molecule has 0 radical (unpaired) electrons. The van der Waals surface area contributed by atoms with Gasteiger partial charge >= 0.3 is 0 Å². The Labute approximate surface area is 132 Å². The zero-order valence-electron chi connectivity index (χ0n) is 13.4. The molecule has 4 aliphatic rings. The lowest BCUT2D eigenvalue weighted by atomic mass is 9.96. The van der Waals surface area contributed by atoms with Crippen LogP contribution in [0.5, 0.6) is 0 Å². The van der Waals surface area contributed by atoms with Crippen LogP contribution in [0, 0.1) is 11.8 Å². The first kappa shape index (κ1) is 14.9. The number of hydrogen-bond acceptors (Lipinski definition) is 4. The van der Waals surface area contributed by atoms with E-state index in [0.29, 0.717) is 24.3 Å². The number of nitrogens with zero attached hydrogens (tertiary/aromatic N) is 2. The predicted octanol–water partition coefficient (Wildman–Crippen LogP) is 1.12. The molecule has 0 N–H and O–H groups in total. The van der Waals surface area contributed by atoms with E-state index in [0.717, 1.165) is 58.2 Å². The van der Waals surface area contributed by atoms with Crippen molar-refractivity contribution in [2.45, 2.75) is 44.2 Å². The second-order valence-corrected chi connectivity index (χ2v) is 7.47. The third-order valence-electron chi connectivity index (χ3n) is 5.76. The molecule has 1 saturated carbocycles. The molecule has 4 rings (SSSR count). The van der Waals surface area contributed by atoms with Crippen LogP contribution >= 0.6 is 0 Å². The average Bonchev–Trinajstić information content (AvgIpc) is 3.23. The topological polar surface area (TPSA) is 42.0 Å². The Kier molecular flexibility index (Phi) is 4.38. The lowest BCUT2D eigenvalue weighted by Crippen LogP contribution is -2.51. The molecule has 0 aromatic heterocycles. The third kappa shape index (κ3) is 3.31. The molecule has 3 aliphatic heterocycles. The van der Waals surface area contributed by atoms with Crippen LogP contribution in [0.3, 0.4) is 0 Å². The van der Waals surface area contributed by atoms with E-state index in [1.165, 1.54) is 19.4 Å². The van der Waals surface area contributed by atoms with Crippen LogP contribution in [-0.4, -0.2) is 73.9 Å². The van der Waals surface area contributed by atoms with Crippen molar-refractivity contribution >= 4 is 5.91 Å². The monoisotopic (exact) mass is 308 g/mol. The van der Waals surface area contributed by atoms with Crippen LogP contribution in [0.4, 0.5) is 0 Å². The van der Waals surface area contributed by atoms with Crippen LogP contribution in [-0.2, 0) is 14.3 Å². The van der Waals surface area contributed by atoms with Gasteiger partial charge in [-0.15, -0.1) is 0 Å². The summed E-state index contributed by atoms with van der Waals surface area (Å²) in [5.74, 6) is 1.76. The van der Waals surface area contributed by atoms with Gasteiger partial charge in [0, 0.05) is 45.8 Å². The summed E-state index contributed by atoms with van der Waals surface area (Å²) in [7, 11) is 0. The number of ether oxygens (including phenoxy) is 2. The van der Waals surface area contributed by atoms with Crippen LogP contribution in [0.1, 0.15) is 32.1 Å². The van der Waals surface area contributed by atoms with Gasteiger partial charge in [-0.05, 0) is 37.5 Å². The van der Waals surface area contributed by atoms with E-state index in [9.17, 15) is 4.79 Å². The Morgan fingerprint density at radius 1 is 1.00 bits per heavy atom. The van der Waals surface area contributed by atoms with Gasteiger partial charge < -0.3 is 14.4 Å². The molecule has 124 valence electrons. The highest BCUT2D eigenvalue weighted by molar-refractivity contribution is 5.77. The van der Waals surface area contributed by atoms with Gasteiger partial charge in [-0.25, -0.2) is 0 Å². The van der Waals surface area contributed by atoms with Crippen molar-refractivity contribution in [3.8, 4) is 0 Å². The highest BCUT2D eigenvalue weighted by atomic mass is 16.5. The maximum absolute atomic E-state index is 12.6. The number of carbonyl (C=O) groups excluding carboxylic acids is 1. The summed E-state index contributed by atoms with van der Waals surface area (Å²) in [6.07, 6.45) is 5.80. The smallest absolute Gasteiger partial charge is 0.222 e. The van der Waals surface area contributed by atoms with E-state index in [1.54, 1.807) is 0 Å². The highest BCUT2D eigenvalue weighted by Gasteiger charge is 2.43. The average molecular weight is 308 g/mol. The Bertz CT molecular complexity index is 407. The number of fused-ring (bicyclic) bond motifs is 1. The summed E-state index contributed by atoms with van der Waals surface area (Å²) in [6, 6.07) is 0.438. The number of carbonyl (C=O) groups is 1. The predicted molar refractivity (Wildman–Crippen MR) is 82.6 cm³/mol. The third-order valence-corrected chi connectivity index (χ3v) is 5.76. The minimum absolute atomic E-state index is 0.242. The quantitative estimate of drug-likeness (QED) is 0.781. The molecule has 3 heterocycles. The van der Waals surface area contributed by atoms with Gasteiger partial charge in [-0.2, -0.15) is 0 Å². The summed E-state index contributed by atoms with van der Waals surface area (Å²) >= 11 is 0. The van der Waals surface area contributed by atoms with Gasteiger partial charge in [0.15, 0.2) is 0 Å². The number of morpholine rings is 1. The van der Waals surface area contributed by atoms with Crippen molar-refractivity contribution in [3.05, 3.63) is 0 Å². The first-order valence-electron chi connectivity index (χ1n) is 9.01. The van der Waals surface area contributed by atoms with Crippen LogP contribution in [0.2, 0.25) is 0 Å². The molecular weight excluding hydrogens is 280 g/mol. The van der Waals surface area contributed by atoms with E-state index in [-0.39, 0.29) is 6.10 Å². The number of rotatable bonds is 4. The normalized spacial score (nSPS) is 33.9. The van der Waals surface area contributed by atoms with Crippen LogP contribution in [0.25, 0.3) is 0 Å². The molecular formula is C17H28N2O3. The van der Waals surface area contributed by atoms with Crippen molar-refractivity contribution in [1.29, 1.82) is 0 Å². The zero-order valence-corrected chi connectivity index (χ0v) is 13.4. The fraction of sp³-hybridized carbons (Fsp3) is 0.941. The molecule has 22 heavy (non-hydrogen) atoms. The Hall–Kier alpha value is -0.650. The Balaban J connectivity index is 1.32. The van der Waals surface area contributed by atoms with Gasteiger partial charge in [-0.1, -0.05) is 0 Å². The van der Waals surface area contributed by atoms with E-state index in [4.69, 9.17) is 9.47 Å². The van der Waals surface area contributed by atoms with Gasteiger partial charge in [-0.3, -0.25) is 9.69 Å². The van der Waals surface area contributed by atoms with Gasteiger partial charge in [0.2, 0.25) is 5.91 Å². The van der Waals surface area contributed by atoms with Crippen molar-refractivity contribution in [1.82, 2.24) is 9.80 Å². The summed E-state index contributed by atoms with van der Waals surface area (Å²) in [5, 5.41) is 0. The molecule has 0 aromatic rings. The lowest BCUT2D eigenvalue weighted by molar-refractivity contribution is -0.132. The van der Waals surface area contributed by atoms with Gasteiger partial charge in [0.25, 0.3) is 0 Å². The van der Waals surface area contributed by atoms with Crippen molar-refractivity contribution in [2.24, 2.45) is 11.8 Å². The molecule has 0 bridgehead atoms. The molecule has 5 nitrogen and oxygen atoms in total. The minimum atomic E-state index is 0.242. The Morgan fingerprint density at radius 2 is 1.82 bits per heavy atom. The largest absolute Gasteiger partial charge is 0.381 e. The van der Waals surface area contributed by atoms with E-state index >= 15 is 0 Å². The molecule has 5 heteroatoms. The Morgan fingerprint density at radius 3 is 2.59 bits per heavy atom. The van der Waals surface area contributed by atoms with E-state index < -0.39 is 0 Å². The van der Waals surface area contributed by atoms with Crippen molar-refractivity contribution in [2.75, 3.05) is 46.0 Å². The molecule has 2 atom stereocenters. The molecule has 0 unspecified atom stereocenters. The molecule has 1 aliphatic carbocycles. The van der Waals surface area contributed by atoms with Crippen LogP contribution < -0.4 is 0 Å². The molecule has 1 amide bonds. The summed E-state index contributed by atoms with van der Waals surface area (Å²) in [6.45, 7) is 6.40. The van der Waals surface area contributed by atoms with Crippen molar-refractivity contribution < 1.29 is 14.3 Å². The van der Waals surface area contributed by atoms with Crippen molar-refractivity contribution in [3.63, 3.8) is 0 Å². The fourth-order valence-corrected chi connectivity index (χ4v) is 4.15. The molecule has 0 aromatic carbocycles. The summed E-state index contributed by atoms with van der Waals surface area (Å²) < 4.78 is 11.3. The molecule has 0 spiro atoms. The second kappa shape index (κ2) is 6.46. The van der Waals surface area contributed by atoms with E-state index in [1.807, 2.05) is 0 Å². The summed E-state index contributed by atoms with van der Waals surface area (Å²) in [4.78, 5) is 17.3. The summed E-state index contributed by atoms with van der Waals surface area (Å²) in [5.41, 5.74) is 0. The van der Waals surface area contributed by atoms with Gasteiger partial charge in [0.1, 0.15) is 0 Å². The lowest BCUT2D eigenvalue weighted by Gasteiger charge is -2.36. The fourth-order valence-electron chi connectivity index (χ4n) is 4.15. The first-order valence-corrected chi connectivity index (χ1v) is 9.01. The SMILES string of the molecule is O=C(CC1CCOCC1)N1C[C@@H]2OCCN(CC3CC3)[C@H]2C1. The second-order valence-electron chi connectivity index (χ2n) is 7.47. The van der Waals surface area contributed by atoms with Crippen LogP contribution in [0.15, 0.2) is 0 Å². The van der Waals surface area contributed by atoms with E-state index in [2.05, 4.69) is 9.80 Å². The zero-order chi connectivity index (χ0) is 14.9. The maximum Gasteiger partial charge on any atom is 0.222 e. The maximum atomic E-state index is 12.6. The van der Waals surface area contributed by atoms with Gasteiger partial charge in [0.05, 0.1) is 18.8 Å². The molecule has 4 fully saturated rings. The standard InChI is InChI=1S/C17H28N2O3/c20-17(9-13-3-6-21-7-4-13)19-11-15-16(12-19)22-8-5-18(15)10-14-1-2-14/h13-16H,1-12H2/t15-,16-/m0/s1. The number of amides is 1. The number of hydrogen-bond donors (Lipinski definition) is 0. The molecule has 3 saturated heterocycles. The first-order chi connectivity index (χ1) is 10.8.